The van der Waals surface area contributed by atoms with Crippen molar-refractivity contribution in [3.05, 3.63) is 198 Å². The SMILES string of the molecule is C=C/C=C\C1=C(C)C(=C)C(C(CCCC)C2C=Cc3ccc4c(-c5cccc(-c6nc7ccccc7c7c6ccc6c8ccccc8sc67)c5)ccc5c4c3C2=CC5)C=C1. The Balaban J connectivity index is 1.02. The van der Waals surface area contributed by atoms with Gasteiger partial charge in [-0.1, -0.05) is 173 Å². The summed E-state index contributed by atoms with van der Waals surface area (Å²) >= 11 is 1.89. The van der Waals surface area contributed by atoms with Gasteiger partial charge >= 0.3 is 0 Å². The van der Waals surface area contributed by atoms with Crippen molar-refractivity contribution in [3.63, 3.8) is 0 Å². The minimum Gasteiger partial charge on any atom is -0.247 e. The van der Waals surface area contributed by atoms with Crippen molar-refractivity contribution < 1.29 is 0 Å². The van der Waals surface area contributed by atoms with Gasteiger partial charge in [-0.3, -0.25) is 0 Å². The molecule has 0 fully saturated rings. The minimum atomic E-state index is 0.291. The maximum atomic E-state index is 5.40. The number of rotatable bonds is 9. The number of aromatic nitrogens is 1. The van der Waals surface area contributed by atoms with E-state index in [9.17, 15) is 0 Å². The molecule has 8 aromatic rings. The van der Waals surface area contributed by atoms with Crippen LogP contribution in [0.4, 0.5) is 0 Å². The molecule has 3 unspecified atom stereocenters. The summed E-state index contributed by atoms with van der Waals surface area (Å²) < 4.78 is 2.65. The smallest absolute Gasteiger partial charge is 0.0788 e. The molecule has 0 radical (unpaired) electrons. The third kappa shape index (κ3) is 5.76. The number of thiophene rings is 1. The quantitative estimate of drug-likeness (QED) is 0.105. The summed E-state index contributed by atoms with van der Waals surface area (Å²) in [5.74, 6) is 1.04. The topological polar surface area (TPSA) is 12.9 Å². The Hall–Kier alpha value is -6.35. The number of hydrogen-bond donors (Lipinski definition) is 0. The van der Waals surface area contributed by atoms with Gasteiger partial charge in [0.15, 0.2) is 0 Å². The molecule has 0 saturated carbocycles. The Morgan fingerprint density at radius 3 is 2.47 bits per heavy atom. The molecule has 2 heterocycles. The van der Waals surface area contributed by atoms with Gasteiger partial charge in [-0.2, -0.15) is 0 Å². The molecule has 3 aliphatic rings. The highest BCUT2D eigenvalue weighted by molar-refractivity contribution is 7.26. The average Bonchev–Trinajstić information content (AvgIpc) is 3.68. The predicted octanol–water partition coefficient (Wildman–Crippen LogP) is 16.4. The van der Waals surface area contributed by atoms with Gasteiger partial charge in [0, 0.05) is 53.7 Å². The van der Waals surface area contributed by atoms with Gasteiger partial charge in [0.2, 0.25) is 0 Å². The predicted molar refractivity (Wildman–Crippen MR) is 262 cm³/mol. The first-order valence-electron chi connectivity index (χ1n) is 21.6. The van der Waals surface area contributed by atoms with E-state index in [4.69, 9.17) is 11.6 Å². The summed E-state index contributed by atoms with van der Waals surface area (Å²) in [4.78, 5) is 5.40. The van der Waals surface area contributed by atoms with Crippen LogP contribution in [0, 0.1) is 17.8 Å². The Bertz CT molecular complexity index is 3280. The second-order valence-corrected chi connectivity index (χ2v) is 17.9. The van der Waals surface area contributed by atoms with E-state index in [0.717, 1.165) is 23.2 Å². The van der Waals surface area contributed by atoms with Gasteiger partial charge in [-0.25, -0.2) is 4.98 Å². The van der Waals surface area contributed by atoms with E-state index >= 15 is 0 Å². The van der Waals surface area contributed by atoms with Gasteiger partial charge in [0.25, 0.3) is 0 Å². The van der Waals surface area contributed by atoms with Crippen molar-refractivity contribution >= 4 is 75.6 Å². The normalized spacial score (nSPS) is 17.8. The molecule has 1 nitrogen and oxygen atoms in total. The molecule has 2 heteroatoms. The maximum Gasteiger partial charge on any atom is 0.0788 e. The van der Waals surface area contributed by atoms with Crippen molar-refractivity contribution in [2.24, 2.45) is 17.8 Å². The lowest BCUT2D eigenvalue weighted by Crippen LogP contribution is -2.27. The lowest BCUT2D eigenvalue weighted by atomic mass is 9.65. The number of unbranched alkanes of at least 4 members (excludes halogenated alkanes) is 1. The zero-order chi connectivity index (χ0) is 40.5. The highest BCUT2D eigenvalue weighted by Crippen LogP contribution is 2.51. The molecular weight excluding hydrogens is 743 g/mol. The molecular formula is C58H47NS. The molecule has 11 rings (SSSR count). The third-order valence-corrected chi connectivity index (χ3v) is 14.9. The van der Waals surface area contributed by atoms with E-state index in [1.165, 1.54) is 116 Å². The maximum absolute atomic E-state index is 5.40. The van der Waals surface area contributed by atoms with Crippen LogP contribution in [0.2, 0.25) is 0 Å². The highest BCUT2D eigenvalue weighted by atomic mass is 32.1. The van der Waals surface area contributed by atoms with Crippen molar-refractivity contribution in [1.29, 1.82) is 0 Å². The van der Waals surface area contributed by atoms with Crippen molar-refractivity contribution in [2.75, 3.05) is 0 Å². The van der Waals surface area contributed by atoms with Crippen molar-refractivity contribution in [2.45, 2.75) is 39.5 Å². The van der Waals surface area contributed by atoms with E-state index in [0.29, 0.717) is 17.8 Å². The van der Waals surface area contributed by atoms with Crippen LogP contribution in [0.3, 0.4) is 0 Å². The summed E-state index contributed by atoms with van der Waals surface area (Å²) in [6.07, 6.45) is 22.8. The van der Waals surface area contributed by atoms with Crippen LogP contribution < -0.4 is 0 Å². The molecule has 0 spiro atoms. The van der Waals surface area contributed by atoms with Gasteiger partial charge in [0.1, 0.15) is 0 Å². The van der Waals surface area contributed by atoms with E-state index in [2.05, 4.69) is 166 Å². The summed E-state index contributed by atoms with van der Waals surface area (Å²) in [7, 11) is 0. The summed E-state index contributed by atoms with van der Waals surface area (Å²) in [6.45, 7) is 13.2. The van der Waals surface area contributed by atoms with Gasteiger partial charge in [-0.05, 0) is 105 Å². The number of para-hydroxylation sites is 1. The molecule has 0 aliphatic heterocycles. The van der Waals surface area contributed by atoms with E-state index in [1.54, 1.807) is 0 Å². The zero-order valence-corrected chi connectivity index (χ0v) is 35.2. The molecule has 0 N–H and O–H groups in total. The first-order chi connectivity index (χ1) is 29.5. The number of nitrogens with zero attached hydrogens (tertiary/aromatic N) is 1. The van der Waals surface area contributed by atoms with Gasteiger partial charge in [0.05, 0.1) is 11.2 Å². The summed E-state index contributed by atoms with van der Waals surface area (Å²) in [6, 6.07) is 40.7. The van der Waals surface area contributed by atoms with Gasteiger partial charge in [-0.15, -0.1) is 11.3 Å². The standard InChI is InChI=1S/C58H47NS/c1-5-7-14-37-22-27-42(36(4)35(37)3)44(17-8-6-2)45-29-24-39-25-30-47-43(28-23-38-26-31-48(45)55(39)54(38)47)40-15-13-16-41(34-40)57-51-33-32-49-46-18-10-12-21-53(46)60-58(49)56(51)50-19-9-11-20-52(50)59-57/h5,7,9-16,18-25,27-34,42,44-45H,1,4,6,8,17,26H2,2-3H3/b14-7-. The van der Waals surface area contributed by atoms with Crippen LogP contribution in [-0.2, 0) is 6.42 Å². The molecule has 0 bridgehead atoms. The molecule has 3 atom stereocenters. The number of fused-ring (bicyclic) bond motifs is 7. The second kappa shape index (κ2) is 14.7. The zero-order valence-electron chi connectivity index (χ0n) is 34.3. The molecule has 3 aliphatic carbocycles. The number of allylic oxidation sites excluding steroid dienone is 11. The first-order valence-corrected chi connectivity index (χ1v) is 22.4. The first kappa shape index (κ1) is 36.7. The molecule has 290 valence electrons. The number of benzene rings is 6. The van der Waals surface area contributed by atoms with Crippen LogP contribution in [-0.4, -0.2) is 4.98 Å². The van der Waals surface area contributed by atoms with Crippen LogP contribution in [0.15, 0.2) is 182 Å². The van der Waals surface area contributed by atoms with E-state index in [-0.39, 0.29) is 0 Å². The fourth-order valence-corrected chi connectivity index (χ4v) is 11.9. The fraction of sp³-hybridized carbons (Fsp3) is 0.155. The lowest BCUT2D eigenvalue weighted by molar-refractivity contribution is 0.350. The molecule has 0 amide bonds. The highest BCUT2D eigenvalue weighted by Gasteiger charge is 2.36. The monoisotopic (exact) mass is 789 g/mol. The Morgan fingerprint density at radius 2 is 1.58 bits per heavy atom. The second-order valence-electron chi connectivity index (χ2n) is 16.9. The van der Waals surface area contributed by atoms with Crippen LogP contribution >= 0.6 is 11.3 Å². The summed E-state index contributed by atoms with van der Waals surface area (Å²) in [5, 5.41) is 9.09. The Kier molecular flexibility index (Phi) is 9.01. The molecule has 0 saturated heterocycles. The van der Waals surface area contributed by atoms with Crippen molar-refractivity contribution in [3.8, 4) is 22.4 Å². The Labute approximate surface area is 356 Å². The largest absolute Gasteiger partial charge is 0.247 e. The minimum absolute atomic E-state index is 0.291. The van der Waals surface area contributed by atoms with E-state index in [1.807, 2.05) is 23.5 Å². The lowest BCUT2D eigenvalue weighted by Gasteiger charge is -2.39. The van der Waals surface area contributed by atoms with E-state index < -0.39 is 0 Å². The van der Waals surface area contributed by atoms with Gasteiger partial charge < -0.3 is 0 Å². The number of pyridine rings is 1. The fourth-order valence-electron chi connectivity index (χ4n) is 10.6. The third-order valence-electron chi connectivity index (χ3n) is 13.7. The summed E-state index contributed by atoms with van der Waals surface area (Å²) in [5.41, 5.74) is 15.1. The number of hydrogen-bond acceptors (Lipinski definition) is 2. The Morgan fingerprint density at radius 1 is 0.783 bits per heavy atom. The molecule has 2 aromatic heterocycles. The van der Waals surface area contributed by atoms with Crippen LogP contribution in [0.5, 0.6) is 0 Å². The van der Waals surface area contributed by atoms with Crippen LogP contribution in [0.1, 0.15) is 49.8 Å². The van der Waals surface area contributed by atoms with Crippen LogP contribution in [0.25, 0.3) is 86.7 Å². The van der Waals surface area contributed by atoms with Crippen molar-refractivity contribution in [1.82, 2.24) is 4.98 Å². The molecule has 60 heavy (non-hydrogen) atoms. The average molecular weight is 790 g/mol. The molecule has 6 aromatic carbocycles.